The minimum Gasteiger partial charge on any atom is -0.480 e. The SMILES string of the molecule is CCOC(=O)NC(=O)COC(=O)COc1ccc(-c2ccccc2)cc1Cl. The molecule has 8 heteroatoms. The fourth-order valence-corrected chi connectivity index (χ4v) is 2.30. The molecule has 0 saturated heterocycles. The van der Waals surface area contributed by atoms with Crippen LogP contribution in [0.1, 0.15) is 6.92 Å². The summed E-state index contributed by atoms with van der Waals surface area (Å²) in [6.07, 6.45) is -0.903. The van der Waals surface area contributed by atoms with Crippen LogP contribution in [0, 0.1) is 0 Å². The Morgan fingerprint density at radius 3 is 2.37 bits per heavy atom. The first kappa shape index (κ1) is 20.3. The van der Waals surface area contributed by atoms with Gasteiger partial charge in [0.2, 0.25) is 0 Å². The van der Waals surface area contributed by atoms with Crippen LogP contribution in [0.25, 0.3) is 11.1 Å². The van der Waals surface area contributed by atoms with Gasteiger partial charge in [0, 0.05) is 0 Å². The van der Waals surface area contributed by atoms with E-state index in [1.807, 2.05) is 41.7 Å². The van der Waals surface area contributed by atoms with E-state index in [-0.39, 0.29) is 6.61 Å². The van der Waals surface area contributed by atoms with Crippen LogP contribution in [-0.2, 0) is 19.1 Å². The summed E-state index contributed by atoms with van der Waals surface area (Å²) in [6, 6.07) is 14.8. The Labute approximate surface area is 161 Å². The van der Waals surface area contributed by atoms with Gasteiger partial charge in [0.05, 0.1) is 11.6 Å². The molecule has 0 bridgehead atoms. The van der Waals surface area contributed by atoms with Gasteiger partial charge in [0.15, 0.2) is 13.2 Å². The van der Waals surface area contributed by atoms with Gasteiger partial charge in [-0.15, -0.1) is 0 Å². The molecular formula is C19H18ClNO6. The number of hydrogen-bond donors (Lipinski definition) is 1. The Balaban J connectivity index is 1.81. The molecule has 2 aromatic carbocycles. The van der Waals surface area contributed by atoms with Crippen molar-refractivity contribution in [3.05, 3.63) is 53.6 Å². The van der Waals surface area contributed by atoms with Crippen LogP contribution in [0.3, 0.4) is 0 Å². The topological polar surface area (TPSA) is 90.9 Å². The van der Waals surface area contributed by atoms with E-state index in [1.165, 1.54) is 0 Å². The van der Waals surface area contributed by atoms with Gasteiger partial charge in [-0.05, 0) is 30.2 Å². The van der Waals surface area contributed by atoms with Gasteiger partial charge >= 0.3 is 12.1 Å². The van der Waals surface area contributed by atoms with Gasteiger partial charge in [0.1, 0.15) is 5.75 Å². The molecule has 1 N–H and O–H groups in total. The maximum absolute atomic E-state index is 11.6. The number of rotatable bonds is 7. The summed E-state index contributed by atoms with van der Waals surface area (Å²) in [6.45, 7) is 0.661. The number of amides is 2. The standard InChI is InChI=1S/C19H18ClNO6/c1-2-25-19(24)21-17(22)11-27-18(23)12-26-16-9-8-14(10-15(16)20)13-6-4-3-5-7-13/h3-10H,2,11-12H2,1H3,(H,21,22,24). The Bertz CT molecular complexity index is 809. The summed E-state index contributed by atoms with van der Waals surface area (Å²) in [5.74, 6) is -1.27. The molecule has 0 aliphatic carbocycles. The van der Waals surface area contributed by atoms with Gasteiger partial charge in [0.25, 0.3) is 5.91 Å². The maximum atomic E-state index is 11.6. The molecule has 0 aliphatic rings. The summed E-state index contributed by atoms with van der Waals surface area (Å²) in [5.41, 5.74) is 1.91. The third kappa shape index (κ3) is 6.63. The number of alkyl carbamates (subject to hydrolysis) is 1. The van der Waals surface area contributed by atoms with E-state index in [1.54, 1.807) is 19.1 Å². The first-order valence-electron chi connectivity index (χ1n) is 8.09. The Morgan fingerprint density at radius 2 is 1.70 bits per heavy atom. The van der Waals surface area contributed by atoms with Crippen molar-refractivity contribution in [2.75, 3.05) is 19.8 Å². The third-order valence-electron chi connectivity index (χ3n) is 3.27. The molecule has 7 nitrogen and oxygen atoms in total. The van der Waals surface area contributed by atoms with Crippen molar-refractivity contribution in [1.29, 1.82) is 0 Å². The second kappa shape index (κ2) is 10.2. The zero-order valence-electron chi connectivity index (χ0n) is 14.6. The highest BCUT2D eigenvalue weighted by Crippen LogP contribution is 2.30. The van der Waals surface area contributed by atoms with Crippen molar-refractivity contribution in [3.8, 4) is 16.9 Å². The highest BCUT2D eigenvalue weighted by Gasteiger charge is 2.13. The number of benzene rings is 2. The average Bonchev–Trinajstić information content (AvgIpc) is 2.66. The molecule has 2 amide bonds. The van der Waals surface area contributed by atoms with Gasteiger partial charge < -0.3 is 14.2 Å². The quantitative estimate of drug-likeness (QED) is 0.729. The van der Waals surface area contributed by atoms with Crippen molar-refractivity contribution < 1.29 is 28.6 Å². The number of carbonyl (C=O) groups excluding carboxylic acids is 3. The third-order valence-corrected chi connectivity index (χ3v) is 3.56. The molecule has 0 saturated carbocycles. The maximum Gasteiger partial charge on any atom is 0.413 e. The zero-order chi connectivity index (χ0) is 19.6. The van der Waals surface area contributed by atoms with Gasteiger partial charge in [-0.3, -0.25) is 10.1 Å². The Morgan fingerprint density at radius 1 is 0.963 bits per heavy atom. The van der Waals surface area contributed by atoms with Crippen LogP contribution in [0.4, 0.5) is 4.79 Å². The molecule has 142 valence electrons. The van der Waals surface area contributed by atoms with E-state index in [4.69, 9.17) is 21.1 Å². The Hall–Kier alpha value is -3.06. The molecule has 0 spiro atoms. The number of ether oxygens (including phenoxy) is 3. The van der Waals surface area contributed by atoms with Crippen LogP contribution < -0.4 is 10.1 Å². The fraction of sp³-hybridized carbons (Fsp3) is 0.211. The number of esters is 1. The Kier molecular flexibility index (Phi) is 7.63. The van der Waals surface area contributed by atoms with Crippen LogP contribution in [0.15, 0.2) is 48.5 Å². The molecule has 2 rings (SSSR count). The van der Waals surface area contributed by atoms with Crippen molar-refractivity contribution >= 4 is 29.6 Å². The van der Waals surface area contributed by atoms with Crippen molar-refractivity contribution in [3.63, 3.8) is 0 Å². The van der Waals surface area contributed by atoms with Crippen LogP contribution in [0.2, 0.25) is 5.02 Å². The van der Waals surface area contributed by atoms with Crippen molar-refractivity contribution in [1.82, 2.24) is 5.32 Å². The second-order valence-electron chi connectivity index (χ2n) is 5.23. The molecule has 27 heavy (non-hydrogen) atoms. The van der Waals surface area contributed by atoms with Gasteiger partial charge in [-0.25, -0.2) is 9.59 Å². The predicted molar refractivity (Wildman–Crippen MR) is 98.5 cm³/mol. The number of hydrogen-bond acceptors (Lipinski definition) is 6. The van der Waals surface area contributed by atoms with Crippen molar-refractivity contribution in [2.45, 2.75) is 6.92 Å². The minimum absolute atomic E-state index is 0.122. The minimum atomic E-state index is -0.903. The predicted octanol–water partition coefficient (Wildman–Crippen LogP) is 3.20. The lowest BCUT2D eigenvalue weighted by atomic mass is 10.1. The van der Waals surface area contributed by atoms with Crippen LogP contribution in [-0.4, -0.2) is 37.8 Å². The van der Waals surface area contributed by atoms with E-state index < -0.39 is 31.2 Å². The van der Waals surface area contributed by atoms with E-state index in [9.17, 15) is 14.4 Å². The largest absolute Gasteiger partial charge is 0.480 e. The smallest absolute Gasteiger partial charge is 0.413 e. The van der Waals surface area contributed by atoms with E-state index in [0.717, 1.165) is 11.1 Å². The first-order chi connectivity index (χ1) is 13.0. The van der Waals surface area contributed by atoms with Crippen molar-refractivity contribution in [2.24, 2.45) is 0 Å². The summed E-state index contributed by atoms with van der Waals surface area (Å²) in [5, 5.41) is 2.24. The fourth-order valence-electron chi connectivity index (χ4n) is 2.07. The lowest BCUT2D eigenvalue weighted by Crippen LogP contribution is -2.35. The summed E-state index contributed by atoms with van der Waals surface area (Å²) >= 11 is 6.18. The van der Waals surface area contributed by atoms with E-state index in [2.05, 4.69) is 4.74 Å². The van der Waals surface area contributed by atoms with E-state index >= 15 is 0 Å². The van der Waals surface area contributed by atoms with Gasteiger partial charge in [-0.1, -0.05) is 48.0 Å². The molecule has 0 aliphatic heterocycles. The zero-order valence-corrected chi connectivity index (χ0v) is 15.3. The van der Waals surface area contributed by atoms with Crippen LogP contribution in [0.5, 0.6) is 5.75 Å². The molecule has 0 aromatic heterocycles. The number of carbonyl (C=O) groups is 3. The van der Waals surface area contributed by atoms with Gasteiger partial charge in [-0.2, -0.15) is 0 Å². The highest BCUT2D eigenvalue weighted by atomic mass is 35.5. The molecule has 2 aromatic rings. The molecule has 0 radical (unpaired) electrons. The molecular weight excluding hydrogens is 374 g/mol. The average molecular weight is 392 g/mol. The highest BCUT2D eigenvalue weighted by molar-refractivity contribution is 6.32. The molecule has 0 unspecified atom stereocenters. The molecule has 0 atom stereocenters. The summed E-state index contributed by atoms with van der Waals surface area (Å²) < 4.78 is 14.6. The van der Waals surface area contributed by atoms with E-state index in [0.29, 0.717) is 10.8 Å². The number of nitrogens with one attached hydrogen (secondary N) is 1. The summed E-state index contributed by atoms with van der Waals surface area (Å²) in [4.78, 5) is 34.1. The van der Waals surface area contributed by atoms with Crippen LogP contribution >= 0.6 is 11.6 Å². The normalized spacial score (nSPS) is 10.0. The first-order valence-corrected chi connectivity index (χ1v) is 8.47. The lowest BCUT2D eigenvalue weighted by molar-refractivity contribution is -0.150. The lowest BCUT2D eigenvalue weighted by Gasteiger charge is -2.10. The second-order valence-corrected chi connectivity index (χ2v) is 5.64. The number of imide groups is 1. The molecule has 0 heterocycles. The molecule has 0 fully saturated rings. The monoisotopic (exact) mass is 391 g/mol. The summed E-state index contributed by atoms with van der Waals surface area (Å²) in [7, 11) is 0. The number of halogens is 1.